The molecule has 0 aliphatic heterocycles. The van der Waals surface area contributed by atoms with Crippen LogP contribution in [0.3, 0.4) is 0 Å². The lowest BCUT2D eigenvalue weighted by Gasteiger charge is -2.15. The number of hydrogen-bond acceptors (Lipinski definition) is 2. The van der Waals surface area contributed by atoms with Crippen molar-refractivity contribution in [2.24, 2.45) is 0 Å². The van der Waals surface area contributed by atoms with Crippen LogP contribution in [0.4, 0.5) is 0 Å². The van der Waals surface area contributed by atoms with E-state index in [9.17, 15) is 0 Å². The Hall–Kier alpha value is -5.80. The summed E-state index contributed by atoms with van der Waals surface area (Å²) >= 11 is 3.74. The van der Waals surface area contributed by atoms with Crippen molar-refractivity contribution in [3.05, 3.63) is 175 Å². The molecule has 8 aromatic carbocycles. The Balaban J connectivity index is 1.29. The van der Waals surface area contributed by atoms with Gasteiger partial charge in [0.05, 0.1) is 0 Å². The summed E-state index contributed by atoms with van der Waals surface area (Å²) in [6.07, 6.45) is 6.13. The second-order valence-electron chi connectivity index (χ2n) is 13.3. The van der Waals surface area contributed by atoms with E-state index >= 15 is 0 Å². The van der Waals surface area contributed by atoms with Crippen LogP contribution in [0, 0.1) is 6.92 Å². The lowest BCUT2D eigenvalue weighted by Crippen LogP contribution is -1.89. The van der Waals surface area contributed by atoms with Crippen LogP contribution in [0.15, 0.2) is 164 Å². The maximum atomic E-state index is 3.96. The van der Waals surface area contributed by atoms with Gasteiger partial charge in [-0.3, -0.25) is 0 Å². The number of benzene rings is 8. The van der Waals surface area contributed by atoms with Gasteiger partial charge in [-0.2, -0.15) is 0 Å². The van der Waals surface area contributed by atoms with Crippen molar-refractivity contribution in [3.8, 4) is 33.4 Å². The summed E-state index contributed by atoms with van der Waals surface area (Å²) in [5, 5.41) is 11.7. The summed E-state index contributed by atoms with van der Waals surface area (Å²) in [5.41, 5.74) is 8.67. The molecule has 0 spiro atoms. The number of fused-ring (bicyclic) bond motifs is 10. The normalized spacial score (nSPS) is 12.0. The highest BCUT2D eigenvalue weighted by molar-refractivity contribution is 7.26. The van der Waals surface area contributed by atoms with E-state index in [0.717, 1.165) is 0 Å². The Morgan fingerprint density at radius 2 is 0.961 bits per heavy atom. The summed E-state index contributed by atoms with van der Waals surface area (Å²) in [7, 11) is 0. The van der Waals surface area contributed by atoms with E-state index in [1.165, 1.54) is 106 Å². The minimum atomic E-state index is 1.21. The highest BCUT2D eigenvalue weighted by Gasteiger charge is 2.18. The van der Waals surface area contributed by atoms with Crippen molar-refractivity contribution in [1.29, 1.82) is 0 Å². The van der Waals surface area contributed by atoms with Gasteiger partial charge in [-0.15, -0.1) is 22.7 Å². The smallest absolute Gasteiger partial charge is 0.0361 e. The fourth-order valence-corrected chi connectivity index (χ4v) is 10.3. The number of allylic oxidation sites excluding steroid dienone is 2. The van der Waals surface area contributed by atoms with Gasteiger partial charge in [0.1, 0.15) is 0 Å². The zero-order valence-corrected chi connectivity index (χ0v) is 29.7. The molecule has 0 N–H and O–H groups in total. The maximum absolute atomic E-state index is 3.96. The van der Waals surface area contributed by atoms with Crippen LogP contribution in [-0.4, -0.2) is 0 Å². The average Bonchev–Trinajstić information content (AvgIpc) is 3.73. The molecule has 240 valence electrons. The van der Waals surface area contributed by atoms with Crippen molar-refractivity contribution >= 4 is 91.3 Å². The lowest BCUT2D eigenvalue weighted by molar-refractivity contribution is 1.59. The molecule has 0 radical (unpaired) electrons. The molecule has 0 atom stereocenters. The summed E-state index contributed by atoms with van der Waals surface area (Å²) in [5.74, 6) is 0. The van der Waals surface area contributed by atoms with E-state index < -0.39 is 0 Å². The predicted octanol–water partition coefficient (Wildman–Crippen LogP) is 15.2. The third-order valence-corrected chi connectivity index (χ3v) is 12.6. The molecule has 0 saturated carbocycles. The maximum Gasteiger partial charge on any atom is 0.0361 e. The SMILES string of the molecule is C=C/C=C\c1c(C)sc2cccc(-c3cc(-c4ccc5c6ccccc6c6ccccc6c5c4)cc(-c4cccc5sc6ccccc6c45)c3)c12. The van der Waals surface area contributed by atoms with Crippen molar-refractivity contribution in [3.63, 3.8) is 0 Å². The average molecular weight is 685 g/mol. The Labute approximate surface area is 304 Å². The van der Waals surface area contributed by atoms with Gasteiger partial charge >= 0.3 is 0 Å². The molecule has 10 aromatic rings. The quantitative estimate of drug-likeness (QED) is 0.125. The summed E-state index contributed by atoms with van der Waals surface area (Å²) < 4.78 is 3.94. The van der Waals surface area contributed by atoms with Crippen LogP contribution in [0.25, 0.3) is 102 Å². The Bertz CT molecular complexity index is 3020. The van der Waals surface area contributed by atoms with Gasteiger partial charge in [-0.1, -0.05) is 128 Å². The Morgan fingerprint density at radius 3 is 1.63 bits per heavy atom. The minimum absolute atomic E-state index is 1.21. The van der Waals surface area contributed by atoms with Gasteiger partial charge in [-0.05, 0) is 121 Å². The van der Waals surface area contributed by atoms with Crippen LogP contribution < -0.4 is 0 Å². The van der Waals surface area contributed by atoms with Crippen LogP contribution in [0.2, 0.25) is 0 Å². The van der Waals surface area contributed by atoms with E-state index in [0.29, 0.717) is 0 Å². The van der Waals surface area contributed by atoms with Crippen LogP contribution in [0.1, 0.15) is 10.4 Å². The summed E-state index contributed by atoms with van der Waals surface area (Å²) in [6, 6.07) is 54.3. The molecule has 0 saturated heterocycles. The number of thiophene rings is 2. The molecule has 10 rings (SSSR count). The van der Waals surface area contributed by atoms with Crippen LogP contribution in [0.5, 0.6) is 0 Å². The minimum Gasteiger partial charge on any atom is -0.140 e. The van der Waals surface area contributed by atoms with Gasteiger partial charge in [-0.25, -0.2) is 0 Å². The fourth-order valence-electron chi connectivity index (χ4n) is 8.10. The first-order valence-corrected chi connectivity index (χ1v) is 19.0. The molecule has 2 heterocycles. The zero-order chi connectivity index (χ0) is 34.1. The standard InChI is InChI=1S/C49H32S2/c1-3-4-13-35-30(2)50-46-22-11-19-36(48(35)46)33-26-32(27-34(28-33)37-20-12-23-47-49(37)43-18-9-10-21-45(43)51-47)31-24-25-42-40-16-6-5-14-38(40)39-15-7-8-17-41(39)44(42)29-31/h3-29H,1H2,2H3/b13-4-. The molecule has 0 unspecified atom stereocenters. The van der Waals surface area contributed by atoms with Gasteiger partial charge < -0.3 is 0 Å². The van der Waals surface area contributed by atoms with E-state index in [4.69, 9.17) is 0 Å². The fraction of sp³-hybridized carbons (Fsp3) is 0.0204. The second-order valence-corrected chi connectivity index (χ2v) is 15.6. The molecular weight excluding hydrogens is 653 g/mol. The highest BCUT2D eigenvalue weighted by atomic mass is 32.1. The first kappa shape index (κ1) is 30.1. The molecule has 2 heteroatoms. The van der Waals surface area contributed by atoms with Gasteiger partial charge in [0.2, 0.25) is 0 Å². The largest absolute Gasteiger partial charge is 0.140 e. The van der Waals surface area contributed by atoms with Crippen molar-refractivity contribution in [1.82, 2.24) is 0 Å². The van der Waals surface area contributed by atoms with Crippen LogP contribution in [-0.2, 0) is 0 Å². The third-order valence-electron chi connectivity index (χ3n) is 10.4. The van der Waals surface area contributed by atoms with Crippen LogP contribution >= 0.6 is 22.7 Å². The molecule has 0 aliphatic carbocycles. The predicted molar refractivity (Wildman–Crippen MR) is 228 cm³/mol. The zero-order valence-electron chi connectivity index (χ0n) is 28.1. The summed E-state index contributed by atoms with van der Waals surface area (Å²) in [4.78, 5) is 1.31. The first-order chi connectivity index (χ1) is 25.2. The van der Waals surface area contributed by atoms with Crippen molar-refractivity contribution in [2.45, 2.75) is 6.92 Å². The first-order valence-electron chi connectivity index (χ1n) is 17.4. The molecule has 2 aromatic heterocycles. The molecular formula is C49H32S2. The van der Waals surface area contributed by atoms with Crippen molar-refractivity contribution in [2.75, 3.05) is 0 Å². The second kappa shape index (κ2) is 11.9. The van der Waals surface area contributed by atoms with Gasteiger partial charge in [0.25, 0.3) is 0 Å². The highest BCUT2D eigenvalue weighted by Crippen LogP contribution is 2.45. The third kappa shape index (κ3) is 4.79. The number of rotatable bonds is 5. The molecule has 0 bridgehead atoms. The van der Waals surface area contributed by atoms with Gasteiger partial charge in [0, 0.05) is 35.1 Å². The molecule has 0 fully saturated rings. The van der Waals surface area contributed by atoms with E-state index in [1.54, 1.807) is 0 Å². The van der Waals surface area contributed by atoms with E-state index in [2.05, 4.69) is 171 Å². The van der Waals surface area contributed by atoms with Gasteiger partial charge in [0.15, 0.2) is 0 Å². The Morgan fingerprint density at radius 1 is 0.431 bits per heavy atom. The molecule has 0 aliphatic rings. The lowest BCUT2D eigenvalue weighted by atomic mass is 9.88. The monoisotopic (exact) mass is 684 g/mol. The molecule has 0 nitrogen and oxygen atoms in total. The Kier molecular flexibility index (Phi) is 7.02. The van der Waals surface area contributed by atoms with E-state index in [-0.39, 0.29) is 0 Å². The molecule has 51 heavy (non-hydrogen) atoms. The topological polar surface area (TPSA) is 0 Å². The number of aryl methyl sites for hydroxylation is 1. The molecule has 0 amide bonds. The summed E-state index contributed by atoms with van der Waals surface area (Å²) in [6.45, 7) is 6.18. The number of hydrogen-bond donors (Lipinski definition) is 0. The van der Waals surface area contributed by atoms with E-state index in [1.807, 2.05) is 28.7 Å². The van der Waals surface area contributed by atoms with Crippen molar-refractivity contribution < 1.29 is 0 Å².